The van der Waals surface area contributed by atoms with E-state index in [1.165, 1.54) is 31.3 Å². The van der Waals surface area contributed by atoms with Gasteiger partial charge in [-0.15, -0.1) is 0 Å². The van der Waals surface area contributed by atoms with Crippen LogP contribution in [0.5, 0.6) is 0 Å². The molecule has 0 saturated heterocycles. The van der Waals surface area contributed by atoms with Crippen LogP contribution in [0.25, 0.3) is 0 Å². The molecule has 0 bridgehead atoms. The Labute approximate surface area is 107 Å². The van der Waals surface area contributed by atoms with Gasteiger partial charge in [-0.25, -0.2) is 4.21 Å². The summed E-state index contributed by atoms with van der Waals surface area (Å²) in [6.07, 6.45) is 0. The first-order chi connectivity index (χ1) is 8.45. The van der Waals surface area contributed by atoms with Crippen molar-refractivity contribution in [2.45, 2.75) is 0 Å². The van der Waals surface area contributed by atoms with Crippen LogP contribution in [0.2, 0.25) is 0 Å². The number of rotatable bonds is 5. The van der Waals surface area contributed by atoms with Gasteiger partial charge in [-0.1, -0.05) is 18.7 Å². The molecule has 0 heterocycles. The molecule has 0 aliphatic rings. The van der Waals surface area contributed by atoms with E-state index in [4.69, 9.17) is 4.55 Å². The monoisotopic (exact) mass is 267 g/mol. The Morgan fingerprint density at radius 3 is 2.22 bits per heavy atom. The van der Waals surface area contributed by atoms with Gasteiger partial charge in [0, 0.05) is 23.7 Å². The molecule has 0 aromatic heterocycles. The number of Topliss-reactive ketones (excluding diaryl/α,β-unsaturated/α-hetero) is 1. The van der Waals surface area contributed by atoms with E-state index in [1.807, 2.05) is 0 Å². The Hall–Kier alpha value is -1.79. The topological polar surface area (TPSA) is 83.5 Å². The molecule has 1 unspecified atom stereocenters. The highest BCUT2D eigenvalue weighted by molar-refractivity contribution is 7.79. The molecule has 2 N–H and O–H groups in total. The SMILES string of the molecule is C=C(CS(=O)O)C(=O)c1ccc(C(=O)NC)cc1. The van der Waals surface area contributed by atoms with E-state index < -0.39 is 16.9 Å². The Morgan fingerprint density at radius 2 is 1.78 bits per heavy atom. The lowest BCUT2D eigenvalue weighted by Crippen LogP contribution is -2.17. The quantitative estimate of drug-likeness (QED) is 0.474. The van der Waals surface area contributed by atoms with E-state index in [2.05, 4.69) is 11.9 Å². The second-order valence-corrected chi connectivity index (χ2v) is 4.49. The maximum absolute atomic E-state index is 11.8. The number of hydrogen-bond acceptors (Lipinski definition) is 3. The molecule has 18 heavy (non-hydrogen) atoms. The van der Waals surface area contributed by atoms with Gasteiger partial charge in [-0.2, -0.15) is 0 Å². The first kappa shape index (κ1) is 14.3. The molecule has 5 nitrogen and oxygen atoms in total. The van der Waals surface area contributed by atoms with E-state index in [0.29, 0.717) is 11.1 Å². The molecule has 0 aliphatic carbocycles. The van der Waals surface area contributed by atoms with E-state index in [0.717, 1.165) is 0 Å². The van der Waals surface area contributed by atoms with E-state index in [9.17, 15) is 13.8 Å². The third kappa shape index (κ3) is 3.61. The smallest absolute Gasteiger partial charge is 0.251 e. The van der Waals surface area contributed by atoms with Crippen molar-refractivity contribution in [3.63, 3.8) is 0 Å². The lowest BCUT2D eigenvalue weighted by molar-refractivity contribution is 0.0961. The summed E-state index contributed by atoms with van der Waals surface area (Å²) in [4.78, 5) is 23.1. The largest absolute Gasteiger partial charge is 0.355 e. The molecule has 0 spiro atoms. The summed E-state index contributed by atoms with van der Waals surface area (Å²) in [5.74, 6) is -0.930. The average Bonchev–Trinajstić information content (AvgIpc) is 2.36. The second-order valence-electron chi connectivity index (χ2n) is 3.55. The van der Waals surface area contributed by atoms with Crippen molar-refractivity contribution < 1.29 is 18.4 Å². The molecule has 0 saturated carbocycles. The summed E-state index contributed by atoms with van der Waals surface area (Å²) in [6, 6.07) is 5.99. The molecular weight excluding hydrogens is 254 g/mol. The summed E-state index contributed by atoms with van der Waals surface area (Å²) < 4.78 is 19.2. The Morgan fingerprint density at radius 1 is 1.28 bits per heavy atom. The highest BCUT2D eigenvalue weighted by Crippen LogP contribution is 2.10. The number of carbonyl (C=O) groups is 2. The predicted molar refractivity (Wildman–Crippen MR) is 68.9 cm³/mol. The summed E-state index contributed by atoms with van der Waals surface area (Å²) in [7, 11) is 1.51. The summed E-state index contributed by atoms with van der Waals surface area (Å²) in [5.41, 5.74) is 0.826. The number of benzene rings is 1. The number of nitrogens with one attached hydrogen (secondary N) is 1. The van der Waals surface area contributed by atoms with Gasteiger partial charge in [0.2, 0.25) is 0 Å². The standard InChI is InChI=1S/C12H13NO4S/c1-8(7-18(16)17)11(14)9-3-5-10(6-4-9)12(15)13-2/h3-6H,1,7H2,2H3,(H,13,15)(H,16,17). The minimum Gasteiger partial charge on any atom is -0.355 e. The number of hydrogen-bond donors (Lipinski definition) is 2. The maximum Gasteiger partial charge on any atom is 0.251 e. The van der Waals surface area contributed by atoms with Crippen molar-refractivity contribution in [1.82, 2.24) is 5.32 Å². The minimum absolute atomic E-state index is 0.0588. The van der Waals surface area contributed by atoms with Crippen LogP contribution in [0.1, 0.15) is 20.7 Å². The summed E-state index contributed by atoms with van der Waals surface area (Å²) in [6.45, 7) is 3.46. The molecule has 0 fully saturated rings. The normalized spacial score (nSPS) is 11.7. The molecule has 6 heteroatoms. The van der Waals surface area contributed by atoms with Crippen molar-refractivity contribution in [1.29, 1.82) is 0 Å². The minimum atomic E-state index is -2.09. The van der Waals surface area contributed by atoms with Crippen molar-refractivity contribution in [2.75, 3.05) is 12.8 Å². The zero-order chi connectivity index (χ0) is 13.7. The molecule has 1 rings (SSSR count). The highest BCUT2D eigenvalue weighted by atomic mass is 32.2. The Balaban J connectivity index is 2.85. The molecular formula is C12H13NO4S. The van der Waals surface area contributed by atoms with Crippen LogP contribution in [0.3, 0.4) is 0 Å². The zero-order valence-corrected chi connectivity index (χ0v) is 10.6. The van der Waals surface area contributed by atoms with Crippen molar-refractivity contribution in [2.24, 2.45) is 0 Å². The van der Waals surface area contributed by atoms with Crippen LogP contribution in [0, 0.1) is 0 Å². The first-order valence-corrected chi connectivity index (χ1v) is 6.35. The van der Waals surface area contributed by atoms with E-state index >= 15 is 0 Å². The molecule has 1 atom stereocenters. The highest BCUT2D eigenvalue weighted by Gasteiger charge is 2.13. The third-order valence-corrected chi connectivity index (χ3v) is 2.85. The fourth-order valence-electron chi connectivity index (χ4n) is 1.34. The van der Waals surface area contributed by atoms with Gasteiger partial charge in [-0.3, -0.25) is 9.59 Å². The molecule has 1 amide bonds. The maximum atomic E-state index is 11.8. The van der Waals surface area contributed by atoms with Gasteiger partial charge in [0.1, 0.15) is 0 Å². The molecule has 0 aliphatic heterocycles. The summed E-state index contributed by atoms with van der Waals surface area (Å²) in [5, 5.41) is 2.46. The second kappa shape index (κ2) is 6.23. The van der Waals surface area contributed by atoms with Gasteiger partial charge >= 0.3 is 0 Å². The molecule has 96 valence electrons. The fourth-order valence-corrected chi connectivity index (χ4v) is 1.77. The third-order valence-electron chi connectivity index (χ3n) is 2.26. The van der Waals surface area contributed by atoms with Gasteiger partial charge in [0.15, 0.2) is 16.9 Å². The number of amides is 1. The predicted octanol–water partition coefficient (Wildman–Crippen LogP) is 1.01. The molecule has 1 aromatic rings. The van der Waals surface area contributed by atoms with Crippen molar-refractivity contribution in [3.8, 4) is 0 Å². The fraction of sp³-hybridized carbons (Fsp3) is 0.167. The van der Waals surface area contributed by atoms with Gasteiger partial charge in [0.25, 0.3) is 5.91 Å². The lowest BCUT2D eigenvalue weighted by Gasteiger charge is -2.04. The number of ketones is 1. The van der Waals surface area contributed by atoms with E-state index in [-0.39, 0.29) is 17.2 Å². The van der Waals surface area contributed by atoms with Crippen LogP contribution >= 0.6 is 0 Å². The van der Waals surface area contributed by atoms with Crippen LogP contribution in [0.15, 0.2) is 36.4 Å². The van der Waals surface area contributed by atoms with Gasteiger partial charge in [-0.05, 0) is 12.1 Å². The lowest BCUT2D eigenvalue weighted by atomic mass is 10.0. The average molecular weight is 267 g/mol. The molecule has 0 radical (unpaired) electrons. The van der Waals surface area contributed by atoms with Crippen LogP contribution in [-0.4, -0.2) is 33.3 Å². The molecule has 1 aromatic carbocycles. The van der Waals surface area contributed by atoms with Crippen molar-refractivity contribution in [3.05, 3.63) is 47.5 Å². The van der Waals surface area contributed by atoms with Crippen molar-refractivity contribution >= 4 is 22.8 Å². The van der Waals surface area contributed by atoms with E-state index in [1.54, 1.807) is 0 Å². The van der Waals surface area contributed by atoms with Gasteiger partial charge in [0.05, 0.1) is 5.75 Å². The van der Waals surface area contributed by atoms with Crippen LogP contribution < -0.4 is 5.32 Å². The Bertz CT molecular complexity index is 507. The Kier molecular flexibility index (Phi) is 4.94. The number of carbonyl (C=O) groups excluding carboxylic acids is 2. The first-order valence-electron chi connectivity index (χ1n) is 5.07. The van der Waals surface area contributed by atoms with Crippen LogP contribution in [0.4, 0.5) is 0 Å². The van der Waals surface area contributed by atoms with Gasteiger partial charge < -0.3 is 9.87 Å². The summed E-state index contributed by atoms with van der Waals surface area (Å²) >= 11 is -2.09. The van der Waals surface area contributed by atoms with Crippen LogP contribution in [-0.2, 0) is 11.1 Å². The zero-order valence-electron chi connectivity index (χ0n) is 9.80.